The molecule has 0 bridgehead atoms. The Morgan fingerprint density at radius 2 is 1.60 bits per heavy atom. The van der Waals surface area contributed by atoms with Crippen LogP contribution in [0.2, 0.25) is 0 Å². The normalized spacial score (nSPS) is 19.7. The third-order valence-corrected chi connectivity index (χ3v) is 5.53. The molecule has 0 aromatic carbocycles. The molecule has 1 aliphatic rings. The van der Waals surface area contributed by atoms with Crippen molar-refractivity contribution in [1.82, 2.24) is 4.98 Å². The number of hydrogen-bond donors (Lipinski definition) is 1. The molecule has 1 heterocycles. The number of fused-ring (bicyclic) bond motifs is 1. The second-order valence-corrected chi connectivity index (χ2v) is 7.35. The fraction of sp³-hybridized carbons (Fsp3) is 0.824. The van der Waals surface area contributed by atoms with Gasteiger partial charge in [-0.1, -0.05) is 45.4 Å². The summed E-state index contributed by atoms with van der Waals surface area (Å²) >= 11 is 1.94. The molecule has 2 rings (SSSR count). The van der Waals surface area contributed by atoms with Gasteiger partial charge in [0, 0.05) is 17.3 Å². The third kappa shape index (κ3) is 5.17. The highest BCUT2D eigenvalue weighted by Gasteiger charge is 2.13. The molecule has 2 N–H and O–H groups in total. The zero-order valence-corrected chi connectivity index (χ0v) is 13.8. The highest BCUT2D eigenvalue weighted by atomic mass is 32.1. The first kappa shape index (κ1) is 16.0. The summed E-state index contributed by atoms with van der Waals surface area (Å²) in [5.41, 5.74) is 7.48. The first-order chi connectivity index (χ1) is 9.79. The van der Waals surface area contributed by atoms with Crippen LogP contribution in [0.15, 0.2) is 0 Å². The minimum Gasteiger partial charge on any atom is -0.327 e. The topological polar surface area (TPSA) is 38.9 Å². The van der Waals surface area contributed by atoms with Crippen molar-refractivity contribution in [2.24, 2.45) is 5.73 Å². The molecular weight excluding hydrogens is 264 g/mol. The number of rotatable bonds is 3. The van der Waals surface area contributed by atoms with Gasteiger partial charge in [-0.2, -0.15) is 0 Å². The van der Waals surface area contributed by atoms with Crippen LogP contribution in [0.1, 0.15) is 80.3 Å². The van der Waals surface area contributed by atoms with Gasteiger partial charge in [0.05, 0.1) is 10.7 Å². The summed E-state index contributed by atoms with van der Waals surface area (Å²) in [7, 11) is 0. The largest absolute Gasteiger partial charge is 0.327 e. The molecule has 0 spiro atoms. The Morgan fingerprint density at radius 3 is 2.25 bits per heavy atom. The van der Waals surface area contributed by atoms with E-state index >= 15 is 0 Å². The molecule has 0 saturated heterocycles. The average Bonchev–Trinajstić information content (AvgIpc) is 2.80. The predicted molar refractivity (Wildman–Crippen MR) is 88.4 cm³/mol. The summed E-state index contributed by atoms with van der Waals surface area (Å²) < 4.78 is 0. The van der Waals surface area contributed by atoms with Crippen molar-refractivity contribution in [3.63, 3.8) is 0 Å². The van der Waals surface area contributed by atoms with Gasteiger partial charge in [0.15, 0.2) is 0 Å². The van der Waals surface area contributed by atoms with Crippen LogP contribution in [-0.4, -0.2) is 11.0 Å². The lowest BCUT2D eigenvalue weighted by atomic mass is 10.0. The molecule has 1 aromatic rings. The van der Waals surface area contributed by atoms with Gasteiger partial charge >= 0.3 is 0 Å². The Balaban J connectivity index is 2.01. The van der Waals surface area contributed by atoms with E-state index in [1.165, 1.54) is 74.9 Å². The van der Waals surface area contributed by atoms with Gasteiger partial charge in [-0.15, -0.1) is 11.3 Å². The van der Waals surface area contributed by atoms with Crippen LogP contribution in [0.3, 0.4) is 0 Å². The standard InChI is InChI=1S/C17H30N2S/c1-2-14(18)13-17-19-15-11-9-7-5-3-4-6-8-10-12-16(15)20-17/h14H,2-13,18H2,1H3. The summed E-state index contributed by atoms with van der Waals surface area (Å²) in [5.74, 6) is 0. The maximum Gasteiger partial charge on any atom is 0.0946 e. The van der Waals surface area contributed by atoms with Gasteiger partial charge in [-0.05, 0) is 32.1 Å². The van der Waals surface area contributed by atoms with Crippen LogP contribution in [0.5, 0.6) is 0 Å². The van der Waals surface area contributed by atoms with Gasteiger partial charge in [0.1, 0.15) is 0 Å². The molecule has 3 heteroatoms. The van der Waals surface area contributed by atoms with E-state index in [0.29, 0.717) is 0 Å². The molecule has 1 unspecified atom stereocenters. The molecule has 1 aromatic heterocycles. The summed E-state index contributed by atoms with van der Waals surface area (Å²) in [6.45, 7) is 2.16. The number of nitrogens with zero attached hydrogens (tertiary/aromatic N) is 1. The van der Waals surface area contributed by atoms with Crippen molar-refractivity contribution < 1.29 is 0 Å². The van der Waals surface area contributed by atoms with Gasteiger partial charge in [-0.3, -0.25) is 0 Å². The van der Waals surface area contributed by atoms with Crippen molar-refractivity contribution in [3.05, 3.63) is 15.6 Å². The molecule has 114 valence electrons. The highest BCUT2D eigenvalue weighted by molar-refractivity contribution is 7.11. The lowest BCUT2D eigenvalue weighted by Gasteiger charge is -2.06. The smallest absolute Gasteiger partial charge is 0.0946 e. The fourth-order valence-electron chi connectivity index (χ4n) is 2.92. The molecule has 0 saturated carbocycles. The molecule has 0 amide bonds. The van der Waals surface area contributed by atoms with Gasteiger partial charge in [0.2, 0.25) is 0 Å². The summed E-state index contributed by atoms with van der Waals surface area (Å²) in [4.78, 5) is 6.46. The quantitative estimate of drug-likeness (QED) is 0.882. The predicted octanol–water partition coefficient (Wildman–Crippen LogP) is 4.64. The third-order valence-electron chi connectivity index (χ3n) is 4.35. The van der Waals surface area contributed by atoms with Gasteiger partial charge in [0.25, 0.3) is 0 Å². The van der Waals surface area contributed by atoms with Crippen LogP contribution in [-0.2, 0) is 19.3 Å². The molecule has 1 aliphatic carbocycles. The van der Waals surface area contributed by atoms with Crippen LogP contribution < -0.4 is 5.73 Å². The Morgan fingerprint density at radius 1 is 1.00 bits per heavy atom. The summed E-state index contributed by atoms with van der Waals surface area (Å²) in [6.07, 6.45) is 15.6. The molecule has 1 atom stereocenters. The molecule has 20 heavy (non-hydrogen) atoms. The number of aryl methyl sites for hydroxylation is 2. The minimum atomic E-state index is 0.281. The van der Waals surface area contributed by atoms with Crippen LogP contribution >= 0.6 is 11.3 Å². The molecule has 0 aliphatic heterocycles. The maximum atomic E-state index is 6.08. The van der Waals surface area contributed by atoms with E-state index < -0.39 is 0 Å². The number of aromatic nitrogens is 1. The van der Waals surface area contributed by atoms with Crippen molar-refractivity contribution in [3.8, 4) is 0 Å². The lowest BCUT2D eigenvalue weighted by Crippen LogP contribution is -2.21. The lowest BCUT2D eigenvalue weighted by molar-refractivity contribution is 0.559. The minimum absolute atomic E-state index is 0.281. The van der Waals surface area contributed by atoms with Crippen molar-refractivity contribution in [1.29, 1.82) is 0 Å². The van der Waals surface area contributed by atoms with Crippen LogP contribution in [0, 0.1) is 0 Å². The van der Waals surface area contributed by atoms with E-state index in [0.717, 1.165) is 12.8 Å². The van der Waals surface area contributed by atoms with E-state index in [1.54, 1.807) is 4.88 Å². The SMILES string of the molecule is CCC(N)Cc1nc2c(s1)CCCCCCCCCC2. The first-order valence-electron chi connectivity index (χ1n) is 8.52. The zero-order valence-electron chi connectivity index (χ0n) is 13.0. The summed E-state index contributed by atoms with van der Waals surface area (Å²) in [6, 6.07) is 0.281. The van der Waals surface area contributed by atoms with Crippen molar-refractivity contribution in [2.75, 3.05) is 0 Å². The van der Waals surface area contributed by atoms with E-state index in [1.807, 2.05) is 11.3 Å². The number of hydrogen-bond acceptors (Lipinski definition) is 3. The second kappa shape index (κ2) is 8.78. The van der Waals surface area contributed by atoms with Gasteiger partial charge < -0.3 is 5.73 Å². The summed E-state index contributed by atoms with van der Waals surface area (Å²) in [5, 5.41) is 1.28. The Bertz CT molecular complexity index is 357. The zero-order chi connectivity index (χ0) is 14.2. The van der Waals surface area contributed by atoms with E-state index in [9.17, 15) is 0 Å². The highest BCUT2D eigenvalue weighted by Crippen LogP contribution is 2.25. The van der Waals surface area contributed by atoms with E-state index in [4.69, 9.17) is 10.7 Å². The Hall–Kier alpha value is -0.410. The molecule has 0 fully saturated rings. The molecule has 2 nitrogen and oxygen atoms in total. The van der Waals surface area contributed by atoms with Crippen LogP contribution in [0.4, 0.5) is 0 Å². The first-order valence-corrected chi connectivity index (χ1v) is 9.34. The fourth-order valence-corrected chi connectivity index (χ4v) is 4.17. The Kier molecular flexibility index (Phi) is 7.01. The van der Waals surface area contributed by atoms with Crippen LogP contribution in [0.25, 0.3) is 0 Å². The van der Waals surface area contributed by atoms with E-state index in [-0.39, 0.29) is 6.04 Å². The molecule has 0 radical (unpaired) electrons. The van der Waals surface area contributed by atoms with E-state index in [2.05, 4.69) is 6.92 Å². The van der Waals surface area contributed by atoms with Gasteiger partial charge in [-0.25, -0.2) is 4.98 Å². The molecular formula is C17H30N2S. The van der Waals surface area contributed by atoms with Crippen molar-refractivity contribution in [2.45, 2.75) is 90.0 Å². The second-order valence-electron chi connectivity index (χ2n) is 6.18. The number of nitrogens with two attached hydrogens (primary N) is 1. The maximum absolute atomic E-state index is 6.08. The number of thiazole rings is 1. The Labute approximate surface area is 128 Å². The van der Waals surface area contributed by atoms with Crippen molar-refractivity contribution >= 4 is 11.3 Å². The monoisotopic (exact) mass is 294 g/mol. The average molecular weight is 295 g/mol.